The Morgan fingerprint density at radius 2 is 1.89 bits per heavy atom. The molecule has 0 saturated carbocycles. The van der Waals surface area contributed by atoms with Crippen LogP contribution in [0.25, 0.3) is 11.1 Å². The number of rotatable bonds is 8. The normalized spacial score (nSPS) is 16.2. The topological polar surface area (TPSA) is 93.1 Å². The molecule has 0 saturated heterocycles. The van der Waals surface area contributed by atoms with Crippen LogP contribution in [0.15, 0.2) is 65.6 Å². The second-order valence-corrected chi connectivity index (χ2v) is 10.7. The van der Waals surface area contributed by atoms with Crippen molar-refractivity contribution in [3.8, 4) is 22.6 Å². The van der Waals surface area contributed by atoms with Gasteiger partial charge in [0.25, 0.3) is 10.0 Å². The molecule has 1 heterocycles. The van der Waals surface area contributed by atoms with E-state index in [0.29, 0.717) is 5.56 Å². The molecule has 37 heavy (non-hydrogen) atoms. The zero-order valence-corrected chi connectivity index (χ0v) is 20.7. The number of nitrogens with zero attached hydrogens (tertiary/aromatic N) is 1. The number of carboxylic acid groups (broad SMARTS) is 1. The van der Waals surface area contributed by atoms with Gasteiger partial charge in [-0.15, -0.1) is 0 Å². The summed E-state index contributed by atoms with van der Waals surface area (Å²) >= 11 is 0. The zero-order valence-electron chi connectivity index (χ0n) is 19.9. The maximum absolute atomic E-state index is 14.2. The summed E-state index contributed by atoms with van der Waals surface area (Å²) in [6.45, 7) is -0.0447. The van der Waals surface area contributed by atoms with Crippen molar-refractivity contribution in [3.05, 3.63) is 72.0 Å². The molecule has 0 unspecified atom stereocenters. The first-order chi connectivity index (χ1) is 17.4. The van der Waals surface area contributed by atoms with Crippen LogP contribution in [0.2, 0.25) is 0 Å². The highest BCUT2D eigenvalue weighted by Crippen LogP contribution is 2.41. The van der Waals surface area contributed by atoms with Gasteiger partial charge in [0.1, 0.15) is 23.4 Å². The number of benzene rings is 3. The van der Waals surface area contributed by atoms with Crippen LogP contribution in [0.4, 0.5) is 18.9 Å². The lowest BCUT2D eigenvalue weighted by Crippen LogP contribution is -2.44. The Morgan fingerprint density at radius 3 is 2.57 bits per heavy atom. The lowest BCUT2D eigenvalue weighted by Gasteiger charge is -2.36. The number of alkyl halides is 2. The third kappa shape index (κ3) is 5.82. The van der Waals surface area contributed by atoms with E-state index in [-0.39, 0.29) is 40.6 Å². The van der Waals surface area contributed by atoms with E-state index in [9.17, 15) is 31.5 Å². The third-order valence-electron chi connectivity index (χ3n) is 5.94. The number of ether oxygens (including phenoxy) is 2. The molecule has 0 radical (unpaired) electrons. The molecular formula is C26H24F3NO6S. The van der Waals surface area contributed by atoms with Crippen LogP contribution in [-0.2, 0) is 14.8 Å². The fourth-order valence-electron chi connectivity index (χ4n) is 4.14. The molecule has 3 aromatic rings. The van der Waals surface area contributed by atoms with Gasteiger partial charge < -0.3 is 14.6 Å². The first-order valence-electron chi connectivity index (χ1n) is 11.3. The minimum Gasteiger partial charge on any atom is -0.486 e. The number of halogens is 3. The molecule has 0 amide bonds. The fraction of sp³-hybridized carbons (Fsp3) is 0.269. The molecule has 0 spiro atoms. The molecule has 0 bridgehead atoms. The van der Waals surface area contributed by atoms with Crippen molar-refractivity contribution in [3.63, 3.8) is 0 Å². The highest BCUT2D eigenvalue weighted by molar-refractivity contribution is 7.92. The predicted molar refractivity (Wildman–Crippen MR) is 130 cm³/mol. The Kier molecular flexibility index (Phi) is 7.35. The van der Waals surface area contributed by atoms with Crippen LogP contribution < -0.4 is 13.8 Å². The number of hydrogen-bond donors (Lipinski definition) is 1. The van der Waals surface area contributed by atoms with Gasteiger partial charge in [0.15, 0.2) is 0 Å². The molecule has 1 aliphatic heterocycles. The van der Waals surface area contributed by atoms with Crippen LogP contribution in [0.3, 0.4) is 0 Å². The first-order valence-corrected chi connectivity index (χ1v) is 12.8. The first kappa shape index (κ1) is 26.3. The number of carbonyl (C=O) groups is 1. The van der Waals surface area contributed by atoms with Gasteiger partial charge in [-0.25, -0.2) is 12.8 Å². The lowest BCUT2D eigenvalue weighted by molar-refractivity contribution is -0.142. The van der Waals surface area contributed by atoms with Gasteiger partial charge in [-0.2, -0.15) is 8.78 Å². The van der Waals surface area contributed by atoms with Crippen LogP contribution in [0, 0.1) is 18.7 Å². The summed E-state index contributed by atoms with van der Waals surface area (Å²) in [5.74, 6) is -2.82. The molecule has 4 rings (SSSR count). The predicted octanol–water partition coefficient (Wildman–Crippen LogP) is 5.47. The molecule has 1 N–H and O–H groups in total. The lowest BCUT2D eigenvalue weighted by atomic mass is 10.0. The number of carboxylic acids is 1. The summed E-state index contributed by atoms with van der Waals surface area (Å²) in [5, 5.41) is 9.33. The second kappa shape index (κ2) is 10.3. The standard InChI is InChI=1S/C26H24F3NO6S/c1-15-4-3-5-22(8-15)37(33,34)30-14-21(9-16(2)25(31)32)35-24-7-6-17(12-23(24)30)18-10-19(27)13-20(11-18)36-26(28)29/h3-8,10-13,16,21,26H,9,14H2,1-2H3,(H,31,32)/t16-,21-/m0/s1. The molecule has 0 fully saturated rings. The zero-order chi connectivity index (χ0) is 26.9. The number of hydrogen-bond acceptors (Lipinski definition) is 5. The maximum atomic E-state index is 14.2. The van der Waals surface area contributed by atoms with Gasteiger partial charge in [-0.3, -0.25) is 9.10 Å². The average Bonchev–Trinajstić information content (AvgIpc) is 2.82. The van der Waals surface area contributed by atoms with Gasteiger partial charge in [0, 0.05) is 6.07 Å². The summed E-state index contributed by atoms with van der Waals surface area (Å²) in [5.41, 5.74) is 1.40. The van der Waals surface area contributed by atoms with Gasteiger partial charge in [-0.05, 0) is 66.4 Å². The van der Waals surface area contributed by atoms with Crippen molar-refractivity contribution in [1.82, 2.24) is 0 Å². The summed E-state index contributed by atoms with van der Waals surface area (Å²) in [6, 6.07) is 14.0. The summed E-state index contributed by atoms with van der Waals surface area (Å²) in [4.78, 5) is 11.4. The van der Waals surface area contributed by atoms with E-state index in [2.05, 4.69) is 4.74 Å². The van der Waals surface area contributed by atoms with E-state index in [1.807, 2.05) is 0 Å². The maximum Gasteiger partial charge on any atom is 0.387 e. The Labute approximate surface area is 212 Å². The van der Waals surface area contributed by atoms with Crippen molar-refractivity contribution in [2.75, 3.05) is 10.8 Å². The van der Waals surface area contributed by atoms with Gasteiger partial charge in [-0.1, -0.05) is 25.1 Å². The average molecular weight is 536 g/mol. The molecule has 196 valence electrons. The molecule has 0 aromatic heterocycles. The summed E-state index contributed by atoms with van der Waals surface area (Å²) in [7, 11) is -4.11. The number of fused-ring (bicyclic) bond motifs is 1. The number of anilines is 1. The largest absolute Gasteiger partial charge is 0.486 e. The van der Waals surface area contributed by atoms with Crippen molar-refractivity contribution in [1.29, 1.82) is 0 Å². The van der Waals surface area contributed by atoms with E-state index in [1.54, 1.807) is 19.1 Å². The van der Waals surface area contributed by atoms with Crippen LogP contribution >= 0.6 is 0 Å². The van der Waals surface area contributed by atoms with E-state index in [0.717, 1.165) is 22.0 Å². The summed E-state index contributed by atoms with van der Waals surface area (Å²) < 4.78 is 78.4. The fourth-order valence-corrected chi connectivity index (χ4v) is 5.74. The van der Waals surface area contributed by atoms with Crippen molar-refractivity contribution in [2.24, 2.45) is 5.92 Å². The Morgan fingerprint density at radius 1 is 1.14 bits per heavy atom. The minimum absolute atomic E-state index is 0.0363. The number of sulfonamides is 1. The molecule has 3 aromatic carbocycles. The van der Waals surface area contributed by atoms with Crippen LogP contribution in [0.1, 0.15) is 18.9 Å². The minimum atomic E-state index is -4.11. The second-order valence-electron chi connectivity index (χ2n) is 8.80. The van der Waals surface area contributed by atoms with Crippen LogP contribution in [0.5, 0.6) is 11.5 Å². The van der Waals surface area contributed by atoms with E-state index >= 15 is 0 Å². The summed E-state index contributed by atoms with van der Waals surface area (Å²) in [6.07, 6.45) is -0.682. The molecule has 1 aliphatic rings. The van der Waals surface area contributed by atoms with Crippen molar-refractivity contribution in [2.45, 2.75) is 37.9 Å². The highest BCUT2D eigenvalue weighted by Gasteiger charge is 2.36. The number of aryl methyl sites for hydroxylation is 1. The van der Waals surface area contributed by atoms with E-state index < -0.39 is 40.4 Å². The Hall–Kier alpha value is -3.73. The van der Waals surface area contributed by atoms with Crippen LogP contribution in [-0.4, -0.2) is 38.8 Å². The molecule has 0 aliphatic carbocycles. The highest BCUT2D eigenvalue weighted by atomic mass is 32.2. The van der Waals surface area contributed by atoms with Crippen molar-refractivity contribution >= 4 is 21.7 Å². The van der Waals surface area contributed by atoms with Gasteiger partial charge in [0.05, 0.1) is 23.0 Å². The molecule has 2 atom stereocenters. The Balaban J connectivity index is 1.81. The van der Waals surface area contributed by atoms with Gasteiger partial charge in [0.2, 0.25) is 0 Å². The third-order valence-corrected chi connectivity index (χ3v) is 7.71. The van der Waals surface area contributed by atoms with Gasteiger partial charge >= 0.3 is 12.6 Å². The van der Waals surface area contributed by atoms with Crippen molar-refractivity contribution < 1.29 is 41.0 Å². The Bertz CT molecular complexity index is 1430. The monoisotopic (exact) mass is 535 g/mol. The molecule has 11 heteroatoms. The molecular weight excluding hydrogens is 511 g/mol. The van der Waals surface area contributed by atoms with E-state index in [4.69, 9.17) is 4.74 Å². The SMILES string of the molecule is Cc1cccc(S(=O)(=O)N2C[C@H](C[C@H](C)C(=O)O)Oc3ccc(-c4cc(F)cc(OC(F)F)c4)cc32)c1. The smallest absolute Gasteiger partial charge is 0.387 e. The quantitative estimate of drug-likeness (QED) is 0.411. The van der Waals surface area contributed by atoms with E-state index in [1.165, 1.54) is 43.3 Å². The molecule has 7 nitrogen and oxygen atoms in total. The number of aliphatic carboxylic acids is 1.